The number of hydrogen-bond acceptors (Lipinski definition) is 3. The summed E-state index contributed by atoms with van der Waals surface area (Å²) < 4.78 is 5.62. The minimum atomic E-state index is -0.890. The molecule has 3 aromatic carbocycles. The summed E-state index contributed by atoms with van der Waals surface area (Å²) in [4.78, 5) is 19.7. The highest BCUT2D eigenvalue weighted by atomic mass is 16.5. The van der Waals surface area contributed by atoms with Crippen molar-refractivity contribution >= 4 is 12.1 Å². The van der Waals surface area contributed by atoms with Gasteiger partial charge in [0.25, 0.3) is 5.91 Å². The second-order valence-electron chi connectivity index (χ2n) is 6.79. The van der Waals surface area contributed by atoms with E-state index in [1.807, 2.05) is 97.2 Å². The standard InChI is InChI=1S/C24H22N2O2/c1-28-22-23(27)26(18-20-13-7-3-8-14-20)24(22,21-15-9-4-10-16-21)25-17-19-11-5-2-6-12-19/h2-17,22H,18H2,1H3/b25-17+. The molecular formula is C24H22N2O2. The van der Waals surface area contributed by atoms with Gasteiger partial charge >= 0.3 is 0 Å². The Balaban J connectivity index is 1.79. The predicted octanol–water partition coefficient (Wildman–Crippen LogP) is 4.02. The van der Waals surface area contributed by atoms with E-state index in [2.05, 4.69) is 0 Å². The number of aliphatic imine (C=N–C) groups is 1. The van der Waals surface area contributed by atoms with Gasteiger partial charge in [-0.15, -0.1) is 0 Å². The number of β-lactam (4-membered cyclic amide) rings is 1. The first-order valence-electron chi connectivity index (χ1n) is 9.29. The molecule has 0 bridgehead atoms. The molecule has 4 nitrogen and oxygen atoms in total. The molecule has 1 fully saturated rings. The minimum Gasteiger partial charge on any atom is -0.367 e. The van der Waals surface area contributed by atoms with E-state index in [1.54, 1.807) is 12.0 Å². The third-order valence-electron chi connectivity index (χ3n) is 5.10. The summed E-state index contributed by atoms with van der Waals surface area (Å²) >= 11 is 0. The Morgan fingerprint density at radius 1 is 0.929 bits per heavy atom. The van der Waals surface area contributed by atoms with Crippen LogP contribution in [0.15, 0.2) is 96.0 Å². The van der Waals surface area contributed by atoms with Crippen molar-refractivity contribution in [2.24, 2.45) is 4.99 Å². The number of benzene rings is 3. The summed E-state index contributed by atoms with van der Waals surface area (Å²) in [6.45, 7) is 0.473. The molecular weight excluding hydrogens is 348 g/mol. The molecule has 2 atom stereocenters. The molecule has 0 N–H and O–H groups in total. The fourth-order valence-corrected chi connectivity index (χ4v) is 3.70. The lowest BCUT2D eigenvalue weighted by molar-refractivity contribution is -0.193. The molecule has 1 heterocycles. The van der Waals surface area contributed by atoms with Crippen LogP contribution in [-0.2, 0) is 21.7 Å². The van der Waals surface area contributed by atoms with Gasteiger partial charge in [0.1, 0.15) is 0 Å². The maximum Gasteiger partial charge on any atom is 0.259 e. The lowest BCUT2D eigenvalue weighted by Gasteiger charge is -2.54. The highest BCUT2D eigenvalue weighted by molar-refractivity contribution is 5.92. The van der Waals surface area contributed by atoms with Gasteiger partial charge in [0.05, 0.1) is 0 Å². The second kappa shape index (κ2) is 7.79. The van der Waals surface area contributed by atoms with Crippen LogP contribution in [0.4, 0.5) is 0 Å². The third-order valence-corrected chi connectivity index (χ3v) is 5.10. The molecule has 3 aromatic rings. The van der Waals surface area contributed by atoms with Gasteiger partial charge in [0.15, 0.2) is 11.8 Å². The number of nitrogens with zero attached hydrogens (tertiary/aromatic N) is 2. The van der Waals surface area contributed by atoms with Crippen molar-refractivity contribution in [2.45, 2.75) is 18.3 Å². The summed E-state index contributed by atoms with van der Waals surface area (Å²) in [5.41, 5.74) is 2.08. The first-order chi connectivity index (χ1) is 13.8. The number of methoxy groups -OCH3 is 1. The zero-order valence-corrected chi connectivity index (χ0v) is 15.7. The van der Waals surface area contributed by atoms with Crippen LogP contribution >= 0.6 is 0 Å². The van der Waals surface area contributed by atoms with Gasteiger partial charge in [-0.2, -0.15) is 0 Å². The summed E-state index contributed by atoms with van der Waals surface area (Å²) in [7, 11) is 1.57. The average Bonchev–Trinajstić information content (AvgIpc) is 2.77. The first-order valence-corrected chi connectivity index (χ1v) is 9.29. The lowest BCUT2D eigenvalue weighted by atomic mass is 9.82. The summed E-state index contributed by atoms with van der Waals surface area (Å²) in [5, 5.41) is 0. The topological polar surface area (TPSA) is 41.9 Å². The smallest absolute Gasteiger partial charge is 0.259 e. The highest BCUT2D eigenvalue weighted by Crippen LogP contribution is 2.45. The van der Waals surface area contributed by atoms with Gasteiger partial charge in [-0.1, -0.05) is 91.0 Å². The number of carbonyl (C=O) groups excluding carboxylic acids is 1. The Morgan fingerprint density at radius 2 is 1.50 bits per heavy atom. The van der Waals surface area contributed by atoms with Crippen LogP contribution in [-0.4, -0.2) is 30.2 Å². The van der Waals surface area contributed by atoms with E-state index in [-0.39, 0.29) is 5.91 Å². The van der Waals surface area contributed by atoms with E-state index in [0.29, 0.717) is 6.54 Å². The van der Waals surface area contributed by atoms with E-state index in [1.165, 1.54) is 0 Å². The van der Waals surface area contributed by atoms with Crippen LogP contribution in [0, 0.1) is 0 Å². The first kappa shape index (κ1) is 18.1. The number of ether oxygens (including phenoxy) is 1. The molecule has 28 heavy (non-hydrogen) atoms. The normalized spacial score (nSPS) is 21.7. The second-order valence-corrected chi connectivity index (χ2v) is 6.79. The summed E-state index contributed by atoms with van der Waals surface area (Å²) in [5.74, 6) is -0.0552. The zero-order valence-electron chi connectivity index (χ0n) is 15.7. The Hall–Kier alpha value is -3.24. The van der Waals surface area contributed by atoms with Crippen LogP contribution in [0.2, 0.25) is 0 Å². The minimum absolute atomic E-state index is 0.0552. The molecule has 0 spiro atoms. The number of carbonyl (C=O) groups is 1. The summed E-state index contributed by atoms with van der Waals surface area (Å²) in [6, 6.07) is 29.7. The van der Waals surface area contributed by atoms with Crippen LogP contribution in [0.5, 0.6) is 0 Å². The van der Waals surface area contributed by atoms with E-state index in [0.717, 1.165) is 16.7 Å². The van der Waals surface area contributed by atoms with Gasteiger partial charge in [0.2, 0.25) is 0 Å². The van der Waals surface area contributed by atoms with Gasteiger partial charge in [-0.05, 0) is 11.1 Å². The van der Waals surface area contributed by atoms with Crippen molar-refractivity contribution < 1.29 is 9.53 Å². The molecule has 1 aliphatic heterocycles. The van der Waals surface area contributed by atoms with E-state index >= 15 is 0 Å². The monoisotopic (exact) mass is 370 g/mol. The van der Waals surface area contributed by atoms with Gasteiger partial charge in [-0.25, -0.2) is 0 Å². The predicted molar refractivity (Wildman–Crippen MR) is 110 cm³/mol. The van der Waals surface area contributed by atoms with E-state index in [4.69, 9.17) is 9.73 Å². The number of rotatable bonds is 6. The van der Waals surface area contributed by atoms with Crippen molar-refractivity contribution in [3.63, 3.8) is 0 Å². The average molecular weight is 370 g/mol. The fraction of sp³-hybridized carbons (Fsp3) is 0.167. The van der Waals surface area contributed by atoms with Gasteiger partial charge < -0.3 is 9.64 Å². The van der Waals surface area contributed by atoms with Crippen molar-refractivity contribution in [1.29, 1.82) is 0 Å². The molecule has 0 radical (unpaired) electrons. The molecule has 4 heteroatoms. The van der Waals surface area contributed by atoms with Crippen LogP contribution in [0.1, 0.15) is 16.7 Å². The Kier molecular flexibility index (Phi) is 5.04. The van der Waals surface area contributed by atoms with E-state index in [9.17, 15) is 4.79 Å². The van der Waals surface area contributed by atoms with Crippen molar-refractivity contribution in [2.75, 3.05) is 7.11 Å². The quantitative estimate of drug-likeness (QED) is 0.486. The Morgan fingerprint density at radius 3 is 2.11 bits per heavy atom. The maximum absolute atomic E-state index is 12.9. The van der Waals surface area contributed by atoms with Crippen LogP contribution in [0.25, 0.3) is 0 Å². The number of hydrogen-bond donors (Lipinski definition) is 0. The van der Waals surface area contributed by atoms with Crippen molar-refractivity contribution in [3.8, 4) is 0 Å². The van der Waals surface area contributed by atoms with Crippen molar-refractivity contribution in [1.82, 2.24) is 4.90 Å². The number of amides is 1. The van der Waals surface area contributed by atoms with Crippen molar-refractivity contribution in [3.05, 3.63) is 108 Å². The molecule has 2 unspecified atom stereocenters. The molecule has 140 valence electrons. The largest absolute Gasteiger partial charge is 0.367 e. The molecule has 4 rings (SSSR count). The molecule has 1 aliphatic rings. The molecule has 1 saturated heterocycles. The van der Waals surface area contributed by atoms with E-state index < -0.39 is 11.8 Å². The fourth-order valence-electron chi connectivity index (χ4n) is 3.70. The summed E-state index contributed by atoms with van der Waals surface area (Å²) in [6.07, 6.45) is 1.17. The SMILES string of the molecule is COC1C(=O)N(Cc2ccccc2)C1(/N=C/c1ccccc1)c1ccccc1. The Labute approximate surface area is 165 Å². The molecule has 0 aliphatic carbocycles. The Bertz CT molecular complexity index is 958. The highest BCUT2D eigenvalue weighted by Gasteiger charge is 2.62. The van der Waals surface area contributed by atoms with Gasteiger partial charge in [0, 0.05) is 25.4 Å². The molecule has 0 aromatic heterocycles. The molecule has 0 saturated carbocycles. The maximum atomic E-state index is 12.9. The third kappa shape index (κ3) is 3.12. The van der Waals surface area contributed by atoms with Crippen LogP contribution in [0.3, 0.4) is 0 Å². The lowest BCUT2D eigenvalue weighted by Crippen LogP contribution is -2.71. The van der Waals surface area contributed by atoms with Crippen LogP contribution < -0.4 is 0 Å². The number of likely N-dealkylation sites (tertiary alicyclic amines) is 1. The van der Waals surface area contributed by atoms with Gasteiger partial charge in [-0.3, -0.25) is 9.79 Å². The zero-order chi connectivity index (χ0) is 19.4. The molecule has 1 amide bonds.